The summed E-state index contributed by atoms with van der Waals surface area (Å²) in [7, 11) is 4.23. The number of rotatable bonds is 23. The largest absolute Gasteiger partial charge is 0.304 e. The third-order valence-electron chi connectivity index (χ3n) is 5.78. The molecule has 0 amide bonds. The Hall–Kier alpha value is 0.620. The van der Waals surface area contributed by atoms with Gasteiger partial charge in [-0.25, -0.2) is 0 Å². The van der Waals surface area contributed by atoms with Crippen molar-refractivity contribution in [3.8, 4) is 0 Å². The highest BCUT2D eigenvalue weighted by Crippen LogP contribution is 2.24. The average Bonchev–Trinajstić information content (AvgIpc) is 2.72. The van der Waals surface area contributed by atoms with Crippen molar-refractivity contribution in [2.45, 2.75) is 105 Å². The van der Waals surface area contributed by atoms with Crippen molar-refractivity contribution in [3.63, 3.8) is 0 Å². The van der Waals surface area contributed by atoms with E-state index in [1.165, 1.54) is 128 Å². The van der Waals surface area contributed by atoms with Gasteiger partial charge in [0, 0.05) is 11.5 Å². The SMILES string of the molecule is CCN(CC)CCCCCCCCSSCCCCCCCCN(CC)CC. The van der Waals surface area contributed by atoms with Crippen molar-refractivity contribution >= 4 is 21.6 Å². The van der Waals surface area contributed by atoms with Gasteiger partial charge >= 0.3 is 0 Å². The molecule has 0 unspecified atom stereocenters. The highest BCUT2D eigenvalue weighted by molar-refractivity contribution is 8.76. The highest BCUT2D eigenvalue weighted by atomic mass is 33.1. The van der Waals surface area contributed by atoms with Crippen molar-refractivity contribution in [2.75, 3.05) is 50.8 Å². The first-order valence-corrected chi connectivity index (χ1v) is 15.0. The lowest BCUT2D eigenvalue weighted by Crippen LogP contribution is -2.23. The molecule has 0 fully saturated rings. The summed E-state index contributed by atoms with van der Waals surface area (Å²) >= 11 is 0. The van der Waals surface area contributed by atoms with Crippen LogP contribution in [0.3, 0.4) is 0 Å². The smallest absolute Gasteiger partial charge is 0.00369 e. The maximum absolute atomic E-state index is 2.54. The summed E-state index contributed by atoms with van der Waals surface area (Å²) in [6, 6.07) is 0. The van der Waals surface area contributed by atoms with Crippen LogP contribution < -0.4 is 0 Å². The molecule has 0 bridgehead atoms. The molecule has 2 nitrogen and oxygen atoms in total. The van der Waals surface area contributed by atoms with Crippen molar-refractivity contribution < 1.29 is 0 Å². The summed E-state index contributed by atoms with van der Waals surface area (Å²) in [6.07, 6.45) is 17.1. The van der Waals surface area contributed by atoms with E-state index in [1.807, 2.05) is 0 Å². The molecule has 0 aromatic rings. The molecular formula is C24H52N2S2. The Kier molecular flexibility index (Phi) is 24.4. The zero-order valence-corrected chi connectivity index (χ0v) is 21.5. The van der Waals surface area contributed by atoms with Crippen LogP contribution in [0, 0.1) is 0 Å². The topological polar surface area (TPSA) is 6.48 Å². The molecule has 0 aliphatic rings. The Balaban J connectivity index is 3.10. The number of unbranched alkanes of at least 4 members (excludes halogenated alkanes) is 10. The summed E-state index contributed by atoms with van der Waals surface area (Å²) in [6.45, 7) is 16.5. The third-order valence-corrected chi connectivity index (χ3v) is 8.35. The van der Waals surface area contributed by atoms with E-state index in [1.54, 1.807) is 0 Å². The molecule has 0 heterocycles. The quantitative estimate of drug-likeness (QED) is 0.120. The van der Waals surface area contributed by atoms with Crippen molar-refractivity contribution in [1.29, 1.82) is 0 Å². The van der Waals surface area contributed by atoms with Crippen molar-refractivity contribution in [3.05, 3.63) is 0 Å². The van der Waals surface area contributed by atoms with Crippen LogP contribution in [0.15, 0.2) is 0 Å². The van der Waals surface area contributed by atoms with Crippen LogP contribution in [0.25, 0.3) is 0 Å². The molecule has 0 atom stereocenters. The first-order valence-electron chi connectivity index (χ1n) is 12.5. The molecule has 0 saturated carbocycles. The van der Waals surface area contributed by atoms with Gasteiger partial charge < -0.3 is 9.80 Å². The van der Waals surface area contributed by atoms with E-state index in [2.05, 4.69) is 59.1 Å². The summed E-state index contributed by atoms with van der Waals surface area (Å²) in [5.74, 6) is 2.71. The summed E-state index contributed by atoms with van der Waals surface area (Å²) < 4.78 is 0. The number of hydrogen-bond donors (Lipinski definition) is 0. The molecule has 0 aromatic carbocycles. The van der Waals surface area contributed by atoms with E-state index in [0.29, 0.717) is 0 Å². The van der Waals surface area contributed by atoms with Gasteiger partial charge in [0.2, 0.25) is 0 Å². The molecular weight excluding hydrogens is 380 g/mol. The van der Waals surface area contributed by atoms with Gasteiger partial charge in [0.05, 0.1) is 0 Å². The monoisotopic (exact) mass is 432 g/mol. The fraction of sp³-hybridized carbons (Fsp3) is 1.00. The van der Waals surface area contributed by atoms with Gasteiger partial charge in [-0.05, 0) is 65.0 Å². The molecule has 0 rings (SSSR count). The number of hydrogen-bond acceptors (Lipinski definition) is 4. The molecule has 0 radical (unpaired) electrons. The lowest BCUT2D eigenvalue weighted by molar-refractivity contribution is 0.295. The first kappa shape index (κ1) is 28.6. The van der Waals surface area contributed by atoms with Gasteiger partial charge in [0.1, 0.15) is 0 Å². The Morgan fingerprint density at radius 3 is 1.00 bits per heavy atom. The molecule has 0 aliphatic carbocycles. The molecule has 170 valence electrons. The predicted octanol–water partition coefficient (Wildman–Crippen LogP) is 7.73. The average molecular weight is 433 g/mol. The van der Waals surface area contributed by atoms with Crippen LogP contribution in [0.5, 0.6) is 0 Å². The van der Waals surface area contributed by atoms with Crippen LogP contribution in [-0.2, 0) is 0 Å². The minimum atomic E-state index is 1.21. The normalized spacial score (nSPS) is 11.8. The van der Waals surface area contributed by atoms with Crippen molar-refractivity contribution in [2.24, 2.45) is 0 Å². The molecule has 0 saturated heterocycles. The van der Waals surface area contributed by atoms with Gasteiger partial charge in [-0.3, -0.25) is 0 Å². The van der Waals surface area contributed by atoms with E-state index < -0.39 is 0 Å². The minimum absolute atomic E-state index is 1.21. The Morgan fingerprint density at radius 2 is 0.679 bits per heavy atom. The van der Waals surface area contributed by atoms with Crippen LogP contribution >= 0.6 is 21.6 Å². The van der Waals surface area contributed by atoms with Crippen LogP contribution in [0.4, 0.5) is 0 Å². The van der Waals surface area contributed by atoms with Gasteiger partial charge in [-0.1, -0.05) is 101 Å². The Morgan fingerprint density at radius 1 is 0.393 bits per heavy atom. The van der Waals surface area contributed by atoms with Crippen LogP contribution in [0.2, 0.25) is 0 Å². The predicted molar refractivity (Wildman–Crippen MR) is 136 cm³/mol. The molecule has 4 heteroatoms. The second-order valence-corrected chi connectivity index (χ2v) is 10.6. The van der Waals surface area contributed by atoms with E-state index >= 15 is 0 Å². The Bertz CT molecular complexity index is 254. The fourth-order valence-corrected chi connectivity index (χ4v) is 5.90. The highest BCUT2D eigenvalue weighted by Gasteiger charge is 1.99. The van der Waals surface area contributed by atoms with E-state index in [4.69, 9.17) is 0 Å². The minimum Gasteiger partial charge on any atom is -0.304 e. The second kappa shape index (κ2) is 23.9. The maximum Gasteiger partial charge on any atom is 0.00369 e. The zero-order valence-electron chi connectivity index (χ0n) is 19.9. The molecule has 0 spiro atoms. The van der Waals surface area contributed by atoms with E-state index in [-0.39, 0.29) is 0 Å². The van der Waals surface area contributed by atoms with E-state index in [9.17, 15) is 0 Å². The van der Waals surface area contributed by atoms with Crippen LogP contribution in [-0.4, -0.2) is 60.6 Å². The standard InChI is InChI=1S/C24H52N2S2/c1-5-25(6-2)21-17-13-9-11-15-19-23-27-28-24-20-16-12-10-14-18-22-26(7-3)8-4/h5-24H2,1-4H3. The molecule has 28 heavy (non-hydrogen) atoms. The van der Waals surface area contributed by atoms with E-state index in [0.717, 1.165) is 0 Å². The zero-order chi connectivity index (χ0) is 20.7. The van der Waals surface area contributed by atoms with Gasteiger partial charge in [-0.2, -0.15) is 0 Å². The third kappa shape index (κ3) is 19.9. The Labute approximate surface area is 186 Å². The molecule has 0 aromatic heterocycles. The second-order valence-electron chi connectivity index (χ2n) is 7.94. The maximum atomic E-state index is 2.54. The summed E-state index contributed by atoms with van der Waals surface area (Å²) in [5.41, 5.74) is 0. The molecule has 0 N–H and O–H groups in total. The fourth-order valence-electron chi connectivity index (χ4n) is 3.60. The van der Waals surface area contributed by atoms with Gasteiger partial charge in [-0.15, -0.1) is 0 Å². The first-order chi connectivity index (χ1) is 13.8. The van der Waals surface area contributed by atoms with Gasteiger partial charge in [0.15, 0.2) is 0 Å². The van der Waals surface area contributed by atoms with Crippen LogP contribution in [0.1, 0.15) is 105 Å². The number of nitrogens with zero attached hydrogens (tertiary/aromatic N) is 2. The lowest BCUT2D eigenvalue weighted by atomic mass is 10.1. The summed E-state index contributed by atoms with van der Waals surface area (Å²) in [5, 5.41) is 0. The van der Waals surface area contributed by atoms with Crippen molar-refractivity contribution in [1.82, 2.24) is 9.80 Å². The van der Waals surface area contributed by atoms with Gasteiger partial charge in [0.25, 0.3) is 0 Å². The molecule has 0 aliphatic heterocycles. The summed E-state index contributed by atoms with van der Waals surface area (Å²) in [4.78, 5) is 5.09. The lowest BCUT2D eigenvalue weighted by Gasteiger charge is -2.17.